The Balaban J connectivity index is 2.38. The molecular weight excluding hydrogens is 236 g/mol. The molecule has 0 aliphatic rings. The van der Waals surface area contributed by atoms with Crippen molar-refractivity contribution in [2.24, 2.45) is 11.8 Å². The van der Waals surface area contributed by atoms with Crippen LogP contribution in [0.15, 0.2) is 21.6 Å². The summed E-state index contributed by atoms with van der Waals surface area (Å²) in [4.78, 5) is 1.32. The minimum Gasteiger partial charge on any atom is -0.467 e. The molecule has 0 aromatic carbocycles. The summed E-state index contributed by atoms with van der Waals surface area (Å²) in [6.07, 6.45) is 1.81. The standard InChI is InChI=1S/C13H22OS2/c1-10(2)7-15-9-12-13(5-6-14-12)16-8-11(3)4/h5-6,10-11H,7-9H2,1-4H3. The molecule has 0 saturated heterocycles. The van der Waals surface area contributed by atoms with Crippen LogP contribution in [-0.4, -0.2) is 11.5 Å². The van der Waals surface area contributed by atoms with Gasteiger partial charge in [-0.15, -0.1) is 11.8 Å². The lowest BCUT2D eigenvalue weighted by Gasteiger charge is -2.06. The van der Waals surface area contributed by atoms with Crippen LogP contribution >= 0.6 is 23.5 Å². The van der Waals surface area contributed by atoms with E-state index >= 15 is 0 Å². The van der Waals surface area contributed by atoms with Crippen molar-refractivity contribution in [3.05, 3.63) is 18.1 Å². The molecule has 1 aromatic heterocycles. The molecule has 0 aliphatic heterocycles. The largest absolute Gasteiger partial charge is 0.467 e. The molecule has 1 nitrogen and oxygen atoms in total. The lowest BCUT2D eigenvalue weighted by atomic mass is 10.3. The van der Waals surface area contributed by atoms with E-state index in [1.807, 2.05) is 29.8 Å². The third-order valence-electron chi connectivity index (χ3n) is 1.96. The molecule has 3 heteroatoms. The smallest absolute Gasteiger partial charge is 0.127 e. The molecule has 0 unspecified atom stereocenters. The molecule has 0 spiro atoms. The monoisotopic (exact) mass is 258 g/mol. The quantitative estimate of drug-likeness (QED) is 0.645. The van der Waals surface area contributed by atoms with Gasteiger partial charge in [0.2, 0.25) is 0 Å². The lowest BCUT2D eigenvalue weighted by molar-refractivity contribution is 0.522. The fourth-order valence-electron chi connectivity index (χ4n) is 1.21. The van der Waals surface area contributed by atoms with Crippen LogP contribution in [0.5, 0.6) is 0 Å². The first-order chi connectivity index (χ1) is 7.59. The maximum atomic E-state index is 5.54. The van der Waals surface area contributed by atoms with E-state index in [-0.39, 0.29) is 0 Å². The molecule has 0 radical (unpaired) electrons. The minimum absolute atomic E-state index is 0.732. The van der Waals surface area contributed by atoms with Gasteiger partial charge >= 0.3 is 0 Å². The van der Waals surface area contributed by atoms with E-state index in [4.69, 9.17) is 4.42 Å². The molecule has 0 atom stereocenters. The van der Waals surface area contributed by atoms with Gasteiger partial charge in [0, 0.05) is 10.6 Å². The average Bonchev–Trinajstić information content (AvgIpc) is 2.62. The van der Waals surface area contributed by atoms with E-state index in [1.54, 1.807) is 0 Å². The molecule has 0 fully saturated rings. The van der Waals surface area contributed by atoms with Gasteiger partial charge in [-0.25, -0.2) is 0 Å². The number of hydrogen-bond acceptors (Lipinski definition) is 3. The maximum absolute atomic E-state index is 5.54. The molecule has 0 bridgehead atoms. The highest BCUT2D eigenvalue weighted by atomic mass is 32.2. The number of furan rings is 1. The second-order valence-electron chi connectivity index (χ2n) is 4.82. The van der Waals surface area contributed by atoms with E-state index in [2.05, 4.69) is 33.8 Å². The summed E-state index contributed by atoms with van der Waals surface area (Å²) in [6, 6.07) is 2.10. The Morgan fingerprint density at radius 3 is 2.44 bits per heavy atom. The molecule has 1 rings (SSSR count). The van der Waals surface area contributed by atoms with Crippen molar-refractivity contribution >= 4 is 23.5 Å². The SMILES string of the molecule is CC(C)CSCc1occc1SCC(C)C. The van der Waals surface area contributed by atoms with E-state index in [0.29, 0.717) is 0 Å². The third-order valence-corrected chi connectivity index (χ3v) is 4.84. The highest BCUT2D eigenvalue weighted by molar-refractivity contribution is 7.99. The number of hydrogen-bond donors (Lipinski definition) is 0. The molecule has 1 heterocycles. The highest BCUT2D eigenvalue weighted by Gasteiger charge is 2.08. The molecule has 0 amide bonds. The Morgan fingerprint density at radius 1 is 1.12 bits per heavy atom. The van der Waals surface area contributed by atoms with Crippen molar-refractivity contribution in [1.29, 1.82) is 0 Å². The van der Waals surface area contributed by atoms with Crippen LogP contribution in [0.3, 0.4) is 0 Å². The number of thioether (sulfide) groups is 2. The van der Waals surface area contributed by atoms with Crippen molar-refractivity contribution in [1.82, 2.24) is 0 Å². The summed E-state index contributed by atoms with van der Waals surface area (Å²) in [7, 11) is 0. The molecule has 0 N–H and O–H groups in total. The van der Waals surface area contributed by atoms with Crippen molar-refractivity contribution in [2.75, 3.05) is 11.5 Å². The summed E-state index contributed by atoms with van der Waals surface area (Å²) in [5, 5.41) is 0. The summed E-state index contributed by atoms with van der Waals surface area (Å²) in [6.45, 7) is 9.01. The zero-order chi connectivity index (χ0) is 12.0. The summed E-state index contributed by atoms with van der Waals surface area (Å²) < 4.78 is 5.54. The van der Waals surface area contributed by atoms with Gasteiger partial charge in [0.15, 0.2) is 0 Å². The van der Waals surface area contributed by atoms with Crippen LogP contribution in [0.25, 0.3) is 0 Å². The molecule has 1 aromatic rings. The van der Waals surface area contributed by atoms with Gasteiger partial charge < -0.3 is 4.42 Å². The summed E-state index contributed by atoms with van der Waals surface area (Å²) in [5.41, 5.74) is 0. The van der Waals surface area contributed by atoms with Crippen LogP contribution in [0.1, 0.15) is 33.5 Å². The first-order valence-electron chi connectivity index (χ1n) is 5.86. The topological polar surface area (TPSA) is 13.1 Å². The third kappa shape index (κ3) is 5.35. The van der Waals surface area contributed by atoms with Crippen LogP contribution in [0.4, 0.5) is 0 Å². The van der Waals surface area contributed by atoms with E-state index in [1.165, 1.54) is 16.4 Å². The summed E-state index contributed by atoms with van der Waals surface area (Å²) in [5.74, 6) is 6.02. The number of rotatable bonds is 7. The Bertz CT molecular complexity index is 292. The van der Waals surface area contributed by atoms with Crippen LogP contribution in [0.2, 0.25) is 0 Å². The van der Waals surface area contributed by atoms with Gasteiger partial charge in [0.05, 0.1) is 12.0 Å². The van der Waals surface area contributed by atoms with Gasteiger partial charge in [-0.1, -0.05) is 27.7 Å². The second-order valence-corrected chi connectivity index (χ2v) is 6.91. The van der Waals surface area contributed by atoms with E-state index in [9.17, 15) is 0 Å². The van der Waals surface area contributed by atoms with E-state index in [0.717, 1.165) is 23.3 Å². The fourth-order valence-corrected chi connectivity index (χ4v) is 3.24. The van der Waals surface area contributed by atoms with E-state index < -0.39 is 0 Å². The molecule has 16 heavy (non-hydrogen) atoms. The predicted octanol–water partition coefficient (Wildman–Crippen LogP) is 4.92. The van der Waals surface area contributed by atoms with Gasteiger partial charge in [0.25, 0.3) is 0 Å². The Hall–Kier alpha value is -0.0200. The first-order valence-corrected chi connectivity index (χ1v) is 8.00. The lowest BCUT2D eigenvalue weighted by Crippen LogP contribution is -1.93. The second kappa shape index (κ2) is 7.33. The van der Waals surface area contributed by atoms with Crippen molar-refractivity contribution in [3.63, 3.8) is 0 Å². The normalized spacial score (nSPS) is 11.6. The molecule has 0 saturated carbocycles. The van der Waals surface area contributed by atoms with Crippen LogP contribution in [-0.2, 0) is 5.75 Å². The zero-order valence-corrected chi connectivity index (χ0v) is 12.3. The summed E-state index contributed by atoms with van der Waals surface area (Å²) >= 11 is 3.87. The highest BCUT2D eigenvalue weighted by Crippen LogP contribution is 2.29. The van der Waals surface area contributed by atoms with Gasteiger partial charge in [0.1, 0.15) is 5.76 Å². The van der Waals surface area contributed by atoms with Gasteiger partial charge in [-0.3, -0.25) is 0 Å². The average molecular weight is 258 g/mol. The first kappa shape index (κ1) is 14.0. The van der Waals surface area contributed by atoms with Crippen LogP contribution < -0.4 is 0 Å². The van der Waals surface area contributed by atoms with Crippen LogP contribution in [0, 0.1) is 11.8 Å². The molecule has 0 aliphatic carbocycles. The predicted molar refractivity (Wildman–Crippen MR) is 75.3 cm³/mol. The van der Waals surface area contributed by atoms with Gasteiger partial charge in [-0.2, -0.15) is 11.8 Å². The zero-order valence-electron chi connectivity index (χ0n) is 10.7. The molecular formula is C13H22OS2. The van der Waals surface area contributed by atoms with Crippen molar-refractivity contribution in [3.8, 4) is 0 Å². The van der Waals surface area contributed by atoms with Crippen molar-refractivity contribution in [2.45, 2.75) is 38.3 Å². The van der Waals surface area contributed by atoms with Gasteiger partial charge in [-0.05, 0) is 23.7 Å². The fraction of sp³-hybridized carbons (Fsp3) is 0.692. The molecule has 92 valence electrons. The minimum atomic E-state index is 0.732. The Morgan fingerprint density at radius 2 is 1.81 bits per heavy atom. The van der Waals surface area contributed by atoms with Crippen molar-refractivity contribution < 1.29 is 4.42 Å². The Kier molecular flexibility index (Phi) is 6.44. The Labute approximate surface area is 108 Å². The maximum Gasteiger partial charge on any atom is 0.127 e.